The van der Waals surface area contributed by atoms with Gasteiger partial charge in [-0.2, -0.15) is 0 Å². The van der Waals surface area contributed by atoms with Gasteiger partial charge in [0.15, 0.2) is 0 Å². The Kier molecular flexibility index (Phi) is 4.72. The van der Waals surface area contributed by atoms with E-state index in [4.69, 9.17) is 5.73 Å². The molecule has 1 unspecified atom stereocenters. The van der Waals surface area contributed by atoms with Crippen molar-refractivity contribution >= 4 is 0 Å². The fourth-order valence-electron chi connectivity index (χ4n) is 2.56. The average Bonchev–Trinajstić information content (AvgIpc) is 2.21. The van der Waals surface area contributed by atoms with Crippen molar-refractivity contribution in [3.8, 4) is 0 Å². The summed E-state index contributed by atoms with van der Waals surface area (Å²) in [6, 6.07) is 5.32. The van der Waals surface area contributed by atoms with E-state index in [9.17, 15) is 0 Å². The molecule has 0 aliphatic heterocycles. The molecular weight excluding hydrogens is 208 g/mol. The molecule has 0 aliphatic carbocycles. The van der Waals surface area contributed by atoms with Gasteiger partial charge in [0.1, 0.15) is 0 Å². The highest BCUT2D eigenvalue weighted by Crippen LogP contribution is 2.27. The van der Waals surface area contributed by atoms with Crippen molar-refractivity contribution in [3.05, 3.63) is 34.4 Å². The third-order valence-electron chi connectivity index (χ3n) is 3.60. The Balaban J connectivity index is 3.21. The molecule has 0 spiro atoms. The number of benzene rings is 1. The summed E-state index contributed by atoms with van der Waals surface area (Å²) >= 11 is 0. The van der Waals surface area contributed by atoms with Crippen LogP contribution in [0.3, 0.4) is 0 Å². The minimum Gasteiger partial charge on any atom is -0.329 e. The summed E-state index contributed by atoms with van der Waals surface area (Å²) in [6.45, 7) is 11.6. The van der Waals surface area contributed by atoms with Gasteiger partial charge >= 0.3 is 0 Å². The van der Waals surface area contributed by atoms with Gasteiger partial charge in [0.05, 0.1) is 0 Å². The van der Waals surface area contributed by atoms with Crippen LogP contribution >= 0.6 is 0 Å². The molecule has 1 aromatic rings. The Morgan fingerprint density at radius 3 is 1.94 bits per heavy atom. The van der Waals surface area contributed by atoms with Crippen LogP contribution in [0.4, 0.5) is 0 Å². The molecular formula is C15H26N2. The number of rotatable bonds is 4. The molecule has 2 N–H and O–H groups in total. The number of nitrogens with two attached hydrogens (primary N) is 1. The topological polar surface area (TPSA) is 29.3 Å². The zero-order chi connectivity index (χ0) is 13.2. The number of likely N-dealkylation sites (N-methyl/N-ethyl adjacent to an activating group) is 1. The highest BCUT2D eigenvalue weighted by molar-refractivity contribution is 5.39. The molecule has 2 heteroatoms. The zero-order valence-corrected chi connectivity index (χ0v) is 12.0. The van der Waals surface area contributed by atoms with E-state index >= 15 is 0 Å². The molecule has 0 radical (unpaired) electrons. The van der Waals surface area contributed by atoms with Gasteiger partial charge in [0.25, 0.3) is 0 Å². The Labute approximate surface area is 106 Å². The fourth-order valence-corrected chi connectivity index (χ4v) is 2.56. The first-order valence-corrected chi connectivity index (χ1v) is 6.38. The predicted octanol–water partition coefficient (Wildman–Crippen LogP) is 2.95. The van der Waals surface area contributed by atoms with E-state index in [-0.39, 0.29) is 0 Å². The van der Waals surface area contributed by atoms with E-state index in [1.807, 2.05) is 0 Å². The lowest BCUT2D eigenvalue weighted by Gasteiger charge is -2.33. The van der Waals surface area contributed by atoms with Gasteiger partial charge in [0, 0.05) is 18.6 Å². The summed E-state index contributed by atoms with van der Waals surface area (Å²) in [6.07, 6.45) is 0. The molecule has 0 bridgehead atoms. The molecule has 0 heterocycles. The minimum atomic E-state index is 0.315. The van der Waals surface area contributed by atoms with Crippen LogP contribution in [-0.2, 0) is 0 Å². The number of hydrogen-bond acceptors (Lipinski definition) is 2. The van der Waals surface area contributed by atoms with Crippen LogP contribution in [0.2, 0.25) is 0 Å². The summed E-state index contributed by atoms with van der Waals surface area (Å²) in [5, 5.41) is 0. The Hall–Kier alpha value is -0.860. The normalized spacial score (nSPS) is 13.5. The first-order chi connectivity index (χ1) is 7.88. The third-order valence-corrected chi connectivity index (χ3v) is 3.60. The van der Waals surface area contributed by atoms with E-state index in [1.165, 1.54) is 22.3 Å². The summed E-state index contributed by atoms with van der Waals surface area (Å²) in [5.74, 6) is 0. The molecule has 0 aliphatic rings. The van der Waals surface area contributed by atoms with Gasteiger partial charge in [-0.1, -0.05) is 17.7 Å². The van der Waals surface area contributed by atoms with Crippen LogP contribution in [0.5, 0.6) is 0 Å². The van der Waals surface area contributed by atoms with Crippen LogP contribution in [0.25, 0.3) is 0 Å². The fraction of sp³-hybridized carbons (Fsp3) is 0.600. The second-order valence-corrected chi connectivity index (χ2v) is 5.32. The van der Waals surface area contributed by atoms with E-state index in [0.717, 1.165) is 0 Å². The van der Waals surface area contributed by atoms with Gasteiger partial charge in [-0.15, -0.1) is 0 Å². The van der Waals surface area contributed by atoms with Crippen molar-refractivity contribution in [2.45, 2.75) is 46.7 Å². The zero-order valence-electron chi connectivity index (χ0n) is 12.0. The third kappa shape index (κ3) is 3.08. The van der Waals surface area contributed by atoms with Gasteiger partial charge in [-0.3, -0.25) is 4.90 Å². The summed E-state index contributed by atoms with van der Waals surface area (Å²) in [5.41, 5.74) is 11.4. The summed E-state index contributed by atoms with van der Waals surface area (Å²) in [7, 11) is 2.15. The number of hydrogen-bond donors (Lipinski definition) is 1. The van der Waals surface area contributed by atoms with E-state index in [2.05, 4.69) is 58.7 Å². The summed E-state index contributed by atoms with van der Waals surface area (Å²) < 4.78 is 0. The largest absolute Gasteiger partial charge is 0.329 e. The second kappa shape index (κ2) is 5.65. The van der Waals surface area contributed by atoms with Gasteiger partial charge in [-0.05, 0) is 58.4 Å². The van der Waals surface area contributed by atoms with Crippen molar-refractivity contribution < 1.29 is 0 Å². The molecule has 1 atom stereocenters. The van der Waals surface area contributed by atoms with Crippen molar-refractivity contribution in [1.29, 1.82) is 0 Å². The minimum absolute atomic E-state index is 0.315. The van der Waals surface area contributed by atoms with Crippen LogP contribution < -0.4 is 5.73 Å². The molecule has 0 saturated heterocycles. The van der Waals surface area contributed by atoms with Gasteiger partial charge < -0.3 is 5.73 Å². The van der Waals surface area contributed by atoms with Crippen molar-refractivity contribution in [1.82, 2.24) is 4.90 Å². The van der Waals surface area contributed by atoms with E-state index in [1.54, 1.807) is 0 Å². The maximum atomic E-state index is 5.98. The van der Waals surface area contributed by atoms with Gasteiger partial charge in [-0.25, -0.2) is 0 Å². The second-order valence-electron chi connectivity index (χ2n) is 5.32. The van der Waals surface area contributed by atoms with Crippen molar-refractivity contribution in [3.63, 3.8) is 0 Å². The van der Waals surface area contributed by atoms with Crippen LogP contribution in [0.1, 0.15) is 42.1 Å². The molecule has 0 aromatic heterocycles. The van der Waals surface area contributed by atoms with E-state index < -0.39 is 0 Å². The average molecular weight is 234 g/mol. The SMILES string of the molecule is Cc1cc(C)c(C(CN)N(C)C(C)C)c(C)c1. The van der Waals surface area contributed by atoms with Crippen molar-refractivity contribution in [2.24, 2.45) is 5.73 Å². The standard InChI is InChI=1S/C15H26N2/c1-10(2)17(6)14(9-16)15-12(4)7-11(3)8-13(15)5/h7-8,10,14H,9,16H2,1-6H3. The lowest BCUT2D eigenvalue weighted by Crippen LogP contribution is -2.36. The smallest absolute Gasteiger partial charge is 0.0475 e. The molecule has 0 fully saturated rings. The maximum Gasteiger partial charge on any atom is 0.0475 e. The van der Waals surface area contributed by atoms with E-state index in [0.29, 0.717) is 18.6 Å². The first-order valence-electron chi connectivity index (χ1n) is 6.38. The highest BCUT2D eigenvalue weighted by atomic mass is 15.2. The van der Waals surface area contributed by atoms with Crippen LogP contribution in [0, 0.1) is 20.8 Å². The molecule has 0 saturated carbocycles. The lowest BCUT2D eigenvalue weighted by molar-refractivity contribution is 0.200. The molecule has 1 aromatic carbocycles. The molecule has 0 amide bonds. The van der Waals surface area contributed by atoms with Crippen molar-refractivity contribution in [2.75, 3.05) is 13.6 Å². The van der Waals surface area contributed by atoms with Crippen LogP contribution in [-0.4, -0.2) is 24.5 Å². The lowest BCUT2D eigenvalue weighted by atomic mass is 9.93. The Bertz CT molecular complexity index is 360. The molecule has 96 valence electrons. The number of aryl methyl sites for hydroxylation is 3. The summed E-state index contributed by atoms with van der Waals surface area (Å²) in [4.78, 5) is 2.35. The maximum absolute atomic E-state index is 5.98. The quantitative estimate of drug-likeness (QED) is 0.868. The monoisotopic (exact) mass is 234 g/mol. The molecule has 2 nitrogen and oxygen atoms in total. The van der Waals surface area contributed by atoms with Gasteiger partial charge in [0.2, 0.25) is 0 Å². The Morgan fingerprint density at radius 1 is 1.12 bits per heavy atom. The molecule has 1 rings (SSSR count). The number of nitrogens with zero attached hydrogens (tertiary/aromatic N) is 1. The molecule has 17 heavy (non-hydrogen) atoms. The van der Waals surface area contributed by atoms with Crippen LogP contribution in [0.15, 0.2) is 12.1 Å². The first kappa shape index (κ1) is 14.2. The highest BCUT2D eigenvalue weighted by Gasteiger charge is 2.21. The Morgan fingerprint density at radius 2 is 1.59 bits per heavy atom. The predicted molar refractivity (Wildman–Crippen MR) is 75.3 cm³/mol.